The first-order valence-electron chi connectivity index (χ1n) is 1.10. The standard InChI is InChI=1S/C2HN2O2/c3-4-1-2(5)6/h(H,5,6). The Morgan fingerprint density at radius 1 is 2.00 bits per heavy atom. The van der Waals surface area contributed by atoms with Gasteiger partial charge in [0.25, 0.3) is 0 Å². The Labute approximate surface area is 33.6 Å². The number of carboxylic acids is 1. The number of nitrogens with zero attached hydrogens (tertiary/aromatic N) is 2. The highest BCUT2D eigenvalue weighted by Crippen LogP contribution is 1.41. The Balaban J connectivity index is 3.60. The third-order valence-corrected chi connectivity index (χ3v) is 0.146. The lowest BCUT2D eigenvalue weighted by molar-refractivity contribution is -0.132. The van der Waals surface area contributed by atoms with Crippen molar-refractivity contribution in [1.29, 1.82) is 0 Å². The number of hydrogen-bond donors (Lipinski definition) is 1. The molecule has 0 amide bonds. The SMILES string of the molecule is [N-]=[N+]=[C]C(=O)O. The summed E-state index contributed by atoms with van der Waals surface area (Å²) in [5.74, 6) is -1.38. The summed E-state index contributed by atoms with van der Waals surface area (Å²) in [6.07, 6.45) is 1.31. The Bertz CT molecular complexity index is 102. The summed E-state index contributed by atoms with van der Waals surface area (Å²) < 4.78 is 0. The van der Waals surface area contributed by atoms with E-state index in [1.165, 1.54) is 6.21 Å². The van der Waals surface area contributed by atoms with Crippen LogP contribution in [-0.2, 0) is 4.79 Å². The van der Waals surface area contributed by atoms with Crippen LogP contribution < -0.4 is 0 Å². The highest BCUT2D eigenvalue weighted by molar-refractivity contribution is 6.19. The molecule has 0 bridgehead atoms. The van der Waals surface area contributed by atoms with Crippen LogP contribution in [0.5, 0.6) is 0 Å². The Hall–Kier alpha value is -1.15. The van der Waals surface area contributed by atoms with E-state index in [4.69, 9.17) is 10.6 Å². The molecular formula is C2HN2O2. The summed E-state index contributed by atoms with van der Waals surface area (Å²) in [4.78, 5) is 11.3. The van der Waals surface area contributed by atoms with E-state index in [2.05, 4.69) is 4.79 Å². The number of hydrogen-bond acceptors (Lipinski definition) is 1. The molecule has 0 saturated carbocycles. The van der Waals surface area contributed by atoms with Crippen LogP contribution in [0.25, 0.3) is 5.53 Å². The van der Waals surface area contributed by atoms with Crippen molar-refractivity contribution in [3.8, 4) is 0 Å². The van der Waals surface area contributed by atoms with Crippen molar-refractivity contribution >= 4 is 12.2 Å². The molecule has 4 nitrogen and oxygen atoms in total. The van der Waals surface area contributed by atoms with Crippen LogP contribution in [0.2, 0.25) is 0 Å². The van der Waals surface area contributed by atoms with Crippen LogP contribution in [-0.4, -0.2) is 22.1 Å². The fourth-order valence-electron chi connectivity index (χ4n) is 0.0428. The van der Waals surface area contributed by atoms with Crippen LogP contribution in [0.3, 0.4) is 0 Å². The highest BCUT2D eigenvalue weighted by Gasteiger charge is 1.93. The molecular weight excluding hydrogens is 84.0 g/mol. The van der Waals surface area contributed by atoms with Crippen LogP contribution in [0.4, 0.5) is 0 Å². The van der Waals surface area contributed by atoms with Crippen molar-refractivity contribution in [3.05, 3.63) is 5.53 Å². The maximum atomic E-state index is 9.23. The molecule has 0 aliphatic rings. The molecule has 0 saturated heterocycles. The fraction of sp³-hybridized carbons (Fsp3) is 0. The lowest BCUT2D eigenvalue weighted by Crippen LogP contribution is -1.94. The minimum absolute atomic E-state index is 1.31. The largest absolute Gasteiger partial charge is 0.494 e. The lowest BCUT2D eigenvalue weighted by atomic mass is 10.8. The number of carboxylic acid groups (broad SMARTS) is 1. The van der Waals surface area contributed by atoms with Gasteiger partial charge in [-0.2, -0.15) is 0 Å². The second-order valence-electron chi connectivity index (χ2n) is 0.517. The first-order valence-corrected chi connectivity index (χ1v) is 1.10. The molecule has 0 atom stereocenters. The zero-order chi connectivity index (χ0) is 4.99. The zero-order valence-corrected chi connectivity index (χ0v) is 2.75. The van der Waals surface area contributed by atoms with E-state index in [1.54, 1.807) is 0 Å². The first kappa shape index (κ1) is 4.85. The molecule has 0 unspecified atom stereocenters. The third-order valence-electron chi connectivity index (χ3n) is 0.146. The normalized spacial score (nSPS) is 6.00. The molecule has 0 rings (SSSR count). The lowest BCUT2D eigenvalue weighted by Gasteiger charge is -1.54. The molecule has 0 aromatic carbocycles. The van der Waals surface area contributed by atoms with Crippen molar-refractivity contribution in [3.63, 3.8) is 0 Å². The van der Waals surface area contributed by atoms with E-state index in [1.807, 2.05) is 0 Å². The van der Waals surface area contributed by atoms with Gasteiger partial charge in [-0.3, -0.25) is 0 Å². The van der Waals surface area contributed by atoms with Crippen LogP contribution in [0.1, 0.15) is 0 Å². The highest BCUT2D eigenvalue weighted by atomic mass is 16.4. The van der Waals surface area contributed by atoms with Crippen molar-refractivity contribution in [2.24, 2.45) is 0 Å². The fourth-order valence-corrected chi connectivity index (χ4v) is 0.0428. The van der Waals surface area contributed by atoms with Gasteiger partial charge in [-0.05, 0) is 0 Å². The quantitative estimate of drug-likeness (QED) is 0.258. The molecule has 1 radical (unpaired) electrons. The smallest absolute Gasteiger partial charge is 0.472 e. The number of rotatable bonds is 1. The van der Waals surface area contributed by atoms with E-state index in [0.717, 1.165) is 0 Å². The maximum absolute atomic E-state index is 9.23. The van der Waals surface area contributed by atoms with Gasteiger partial charge in [0.1, 0.15) is 0 Å². The van der Waals surface area contributed by atoms with E-state index < -0.39 is 5.97 Å². The molecule has 4 heteroatoms. The van der Waals surface area contributed by atoms with Gasteiger partial charge in [0.15, 0.2) is 0 Å². The van der Waals surface area contributed by atoms with Gasteiger partial charge in [0, 0.05) is 0 Å². The predicted molar refractivity (Wildman–Crippen MR) is 16.3 cm³/mol. The maximum Gasteiger partial charge on any atom is 0.494 e. The van der Waals surface area contributed by atoms with Gasteiger partial charge in [-0.25, -0.2) is 4.79 Å². The summed E-state index contributed by atoms with van der Waals surface area (Å²) in [5.41, 5.74) is 7.37. The second kappa shape index (κ2) is 2.11. The molecule has 0 aliphatic carbocycles. The number of carbonyl (C=O) groups is 1. The molecule has 0 fully saturated rings. The average molecular weight is 85.0 g/mol. The molecule has 0 aromatic heterocycles. The van der Waals surface area contributed by atoms with Gasteiger partial charge in [0.05, 0.1) is 0 Å². The van der Waals surface area contributed by atoms with Crippen molar-refractivity contribution < 1.29 is 14.7 Å². The summed E-state index contributed by atoms with van der Waals surface area (Å²) in [7, 11) is 0. The first-order chi connectivity index (χ1) is 2.77. The van der Waals surface area contributed by atoms with Gasteiger partial charge in [-0.1, -0.05) is 0 Å². The predicted octanol–water partition coefficient (Wildman–Crippen LogP) is -0.751. The number of aliphatic carboxylic acids is 1. The topological polar surface area (TPSA) is 73.7 Å². The van der Waals surface area contributed by atoms with E-state index in [0.29, 0.717) is 0 Å². The molecule has 0 heterocycles. The molecule has 6 heavy (non-hydrogen) atoms. The summed E-state index contributed by atoms with van der Waals surface area (Å²) >= 11 is 0. The molecule has 0 aromatic rings. The van der Waals surface area contributed by atoms with Gasteiger partial charge >= 0.3 is 12.2 Å². The Morgan fingerprint density at radius 3 is 2.50 bits per heavy atom. The average Bonchev–Trinajstić information content (AvgIpc) is 1.35. The van der Waals surface area contributed by atoms with Crippen LogP contribution in [0, 0.1) is 0 Å². The Kier molecular flexibility index (Phi) is 1.71. The van der Waals surface area contributed by atoms with Crippen molar-refractivity contribution in [2.45, 2.75) is 0 Å². The van der Waals surface area contributed by atoms with Crippen LogP contribution in [0.15, 0.2) is 0 Å². The summed E-state index contributed by atoms with van der Waals surface area (Å²) in [6.45, 7) is 0. The monoisotopic (exact) mass is 85.0 g/mol. The summed E-state index contributed by atoms with van der Waals surface area (Å²) in [5, 5.41) is 7.55. The minimum Gasteiger partial charge on any atom is -0.472 e. The van der Waals surface area contributed by atoms with Gasteiger partial charge in [-0.15, -0.1) is 4.79 Å². The van der Waals surface area contributed by atoms with E-state index in [9.17, 15) is 4.79 Å². The third kappa shape index (κ3) is 2.85. The Morgan fingerprint density at radius 2 is 2.50 bits per heavy atom. The zero-order valence-electron chi connectivity index (χ0n) is 2.75. The van der Waals surface area contributed by atoms with E-state index >= 15 is 0 Å². The van der Waals surface area contributed by atoms with Gasteiger partial charge < -0.3 is 10.6 Å². The molecule has 0 spiro atoms. The second-order valence-corrected chi connectivity index (χ2v) is 0.517. The molecule has 31 valence electrons. The summed E-state index contributed by atoms with van der Waals surface area (Å²) in [6, 6.07) is 0. The molecule has 1 N–H and O–H groups in total. The minimum atomic E-state index is -1.38. The van der Waals surface area contributed by atoms with Crippen molar-refractivity contribution in [1.82, 2.24) is 0 Å². The van der Waals surface area contributed by atoms with Gasteiger partial charge in [0.2, 0.25) is 0 Å². The van der Waals surface area contributed by atoms with E-state index in [-0.39, 0.29) is 0 Å². The van der Waals surface area contributed by atoms with Crippen LogP contribution >= 0.6 is 0 Å². The molecule has 0 aliphatic heterocycles. The van der Waals surface area contributed by atoms with Crippen molar-refractivity contribution in [2.75, 3.05) is 0 Å².